The van der Waals surface area contributed by atoms with Crippen molar-refractivity contribution in [3.8, 4) is 5.75 Å². The number of para-hydroxylation sites is 1. The molecule has 0 saturated carbocycles. The lowest BCUT2D eigenvalue weighted by Gasteiger charge is -2.17. The summed E-state index contributed by atoms with van der Waals surface area (Å²) in [5.74, 6) is 0.341. The van der Waals surface area contributed by atoms with Crippen LogP contribution in [0.3, 0.4) is 0 Å². The lowest BCUT2D eigenvalue weighted by atomic mass is 10.1. The zero-order valence-corrected chi connectivity index (χ0v) is 9.72. The quantitative estimate of drug-likeness (QED) is 0.732. The molecule has 5 nitrogen and oxygen atoms in total. The van der Waals surface area contributed by atoms with Gasteiger partial charge in [-0.2, -0.15) is 0 Å². The van der Waals surface area contributed by atoms with Crippen molar-refractivity contribution in [1.29, 1.82) is 0 Å². The zero-order chi connectivity index (χ0) is 12.4. The van der Waals surface area contributed by atoms with Crippen molar-refractivity contribution in [2.75, 3.05) is 25.9 Å². The number of anilines is 1. The number of rotatable bonds is 2. The number of β-amino-alcohol motifs (C(OH)–C–C–N with tert-alkyl or cyclic N) is 1. The summed E-state index contributed by atoms with van der Waals surface area (Å²) in [5.41, 5.74) is 6.64. The first kappa shape index (κ1) is 11.7. The molecule has 0 radical (unpaired) electrons. The van der Waals surface area contributed by atoms with Crippen molar-refractivity contribution < 1.29 is 14.6 Å². The molecular weight excluding hydrogens is 220 g/mol. The van der Waals surface area contributed by atoms with Gasteiger partial charge in [-0.15, -0.1) is 0 Å². The Morgan fingerprint density at radius 1 is 1.59 bits per heavy atom. The monoisotopic (exact) mass is 236 g/mol. The Labute approximate surface area is 99.8 Å². The number of amides is 1. The van der Waals surface area contributed by atoms with Crippen molar-refractivity contribution in [1.82, 2.24) is 4.90 Å². The highest BCUT2D eigenvalue weighted by Gasteiger charge is 2.26. The van der Waals surface area contributed by atoms with E-state index in [-0.39, 0.29) is 5.91 Å². The predicted molar refractivity (Wildman–Crippen MR) is 63.9 cm³/mol. The molecule has 0 bridgehead atoms. The zero-order valence-electron chi connectivity index (χ0n) is 9.72. The molecule has 0 unspecified atom stereocenters. The van der Waals surface area contributed by atoms with Crippen molar-refractivity contribution in [3.63, 3.8) is 0 Å². The molecule has 1 heterocycles. The highest BCUT2D eigenvalue weighted by molar-refractivity contribution is 6.00. The molecule has 5 heteroatoms. The minimum atomic E-state index is -0.425. The highest BCUT2D eigenvalue weighted by Crippen LogP contribution is 2.26. The number of hydrogen-bond donors (Lipinski definition) is 2. The van der Waals surface area contributed by atoms with E-state index in [0.29, 0.717) is 36.5 Å². The fourth-order valence-electron chi connectivity index (χ4n) is 2.01. The number of carbonyl (C=O) groups is 1. The maximum absolute atomic E-state index is 12.2. The SMILES string of the molecule is COc1cccc(C(=O)N2CC[C@H](O)C2)c1N. The van der Waals surface area contributed by atoms with Gasteiger partial charge in [0.2, 0.25) is 0 Å². The molecule has 2 rings (SSSR count). The summed E-state index contributed by atoms with van der Waals surface area (Å²) in [5, 5.41) is 9.42. The van der Waals surface area contributed by atoms with Gasteiger partial charge in [-0.05, 0) is 18.6 Å². The standard InChI is InChI=1S/C12H16N2O3/c1-17-10-4-2-3-9(11(10)13)12(16)14-6-5-8(15)7-14/h2-4,8,15H,5-7,13H2,1H3/t8-/m0/s1. The summed E-state index contributed by atoms with van der Waals surface area (Å²) < 4.78 is 5.07. The van der Waals surface area contributed by atoms with E-state index in [9.17, 15) is 9.90 Å². The Balaban J connectivity index is 2.25. The molecule has 1 aliphatic rings. The number of nitrogens with zero attached hydrogens (tertiary/aromatic N) is 1. The Morgan fingerprint density at radius 2 is 2.35 bits per heavy atom. The van der Waals surface area contributed by atoms with Crippen LogP contribution in [-0.2, 0) is 0 Å². The van der Waals surface area contributed by atoms with E-state index >= 15 is 0 Å². The lowest BCUT2D eigenvalue weighted by molar-refractivity contribution is 0.0765. The summed E-state index contributed by atoms with van der Waals surface area (Å²) in [6.45, 7) is 0.937. The van der Waals surface area contributed by atoms with Gasteiger partial charge in [-0.3, -0.25) is 4.79 Å². The van der Waals surface area contributed by atoms with Crippen LogP contribution in [0.25, 0.3) is 0 Å². The number of aliphatic hydroxyl groups excluding tert-OH is 1. The van der Waals surface area contributed by atoms with Crippen LogP contribution in [0.15, 0.2) is 18.2 Å². The van der Waals surface area contributed by atoms with Crippen LogP contribution in [-0.4, -0.2) is 42.2 Å². The molecule has 1 aromatic rings. The molecule has 17 heavy (non-hydrogen) atoms. The third kappa shape index (κ3) is 2.19. The molecule has 0 aromatic heterocycles. The fourth-order valence-corrected chi connectivity index (χ4v) is 2.01. The van der Waals surface area contributed by atoms with Gasteiger partial charge in [0.25, 0.3) is 5.91 Å². The number of likely N-dealkylation sites (tertiary alicyclic amines) is 1. The summed E-state index contributed by atoms with van der Waals surface area (Å²) in [6.07, 6.45) is 0.195. The van der Waals surface area contributed by atoms with Crippen LogP contribution in [0.5, 0.6) is 5.75 Å². The largest absolute Gasteiger partial charge is 0.495 e. The van der Waals surface area contributed by atoms with E-state index in [1.165, 1.54) is 7.11 Å². The average molecular weight is 236 g/mol. The van der Waals surface area contributed by atoms with Crippen LogP contribution in [0, 0.1) is 0 Å². The van der Waals surface area contributed by atoms with Crippen molar-refractivity contribution in [3.05, 3.63) is 23.8 Å². The topological polar surface area (TPSA) is 75.8 Å². The van der Waals surface area contributed by atoms with E-state index in [0.717, 1.165) is 0 Å². The van der Waals surface area contributed by atoms with Crippen molar-refractivity contribution in [2.45, 2.75) is 12.5 Å². The maximum atomic E-state index is 12.2. The van der Waals surface area contributed by atoms with Crippen LogP contribution >= 0.6 is 0 Å². The number of nitrogens with two attached hydrogens (primary N) is 1. The van der Waals surface area contributed by atoms with Gasteiger partial charge in [0.05, 0.1) is 24.5 Å². The molecule has 1 amide bonds. The smallest absolute Gasteiger partial charge is 0.256 e. The van der Waals surface area contributed by atoms with E-state index in [1.807, 2.05) is 0 Å². The molecule has 1 fully saturated rings. The first-order chi connectivity index (χ1) is 8.13. The van der Waals surface area contributed by atoms with Gasteiger partial charge in [0.1, 0.15) is 5.75 Å². The van der Waals surface area contributed by atoms with Gasteiger partial charge in [0.15, 0.2) is 0 Å². The van der Waals surface area contributed by atoms with Crippen LogP contribution < -0.4 is 10.5 Å². The van der Waals surface area contributed by atoms with E-state index < -0.39 is 6.10 Å². The second-order valence-corrected chi connectivity index (χ2v) is 4.12. The molecule has 1 aliphatic heterocycles. The molecule has 0 aliphatic carbocycles. The van der Waals surface area contributed by atoms with Gasteiger partial charge < -0.3 is 20.5 Å². The number of carbonyl (C=O) groups excluding carboxylic acids is 1. The molecule has 1 saturated heterocycles. The minimum absolute atomic E-state index is 0.155. The summed E-state index contributed by atoms with van der Waals surface area (Å²) >= 11 is 0. The van der Waals surface area contributed by atoms with E-state index in [1.54, 1.807) is 23.1 Å². The predicted octanol–water partition coefficient (Wildman–Crippen LogP) is 0.484. The fraction of sp³-hybridized carbons (Fsp3) is 0.417. The van der Waals surface area contributed by atoms with Gasteiger partial charge in [-0.25, -0.2) is 0 Å². The number of benzene rings is 1. The third-order valence-corrected chi connectivity index (χ3v) is 2.97. The molecule has 0 spiro atoms. The number of aliphatic hydroxyl groups is 1. The Bertz CT molecular complexity index is 434. The molecular formula is C12H16N2O3. The molecule has 92 valence electrons. The second kappa shape index (κ2) is 4.63. The summed E-state index contributed by atoms with van der Waals surface area (Å²) in [4.78, 5) is 13.8. The Hall–Kier alpha value is -1.75. The molecule has 1 atom stereocenters. The van der Waals surface area contributed by atoms with Crippen LogP contribution in [0.2, 0.25) is 0 Å². The van der Waals surface area contributed by atoms with Gasteiger partial charge in [0, 0.05) is 13.1 Å². The minimum Gasteiger partial charge on any atom is -0.495 e. The number of ether oxygens (including phenoxy) is 1. The number of methoxy groups -OCH3 is 1. The summed E-state index contributed by atoms with van der Waals surface area (Å²) in [7, 11) is 1.51. The van der Waals surface area contributed by atoms with Crippen molar-refractivity contribution >= 4 is 11.6 Å². The third-order valence-electron chi connectivity index (χ3n) is 2.97. The molecule has 3 N–H and O–H groups in total. The van der Waals surface area contributed by atoms with Crippen molar-refractivity contribution in [2.24, 2.45) is 0 Å². The summed E-state index contributed by atoms with van der Waals surface area (Å²) in [6, 6.07) is 5.12. The lowest BCUT2D eigenvalue weighted by Crippen LogP contribution is -2.30. The first-order valence-corrected chi connectivity index (χ1v) is 5.53. The van der Waals surface area contributed by atoms with Crippen LogP contribution in [0.1, 0.15) is 16.8 Å². The Morgan fingerprint density at radius 3 is 2.94 bits per heavy atom. The number of hydrogen-bond acceptors (Lipinski definition) is 4. The number of nitrogen functional groups attached to an aromatic ring is 1. The maximum Gasteiger partial charge on any atom is 0.256 e. The second-order valence-electron chi connectivity index (χ2n) is 4.12. The van der Waals surface area contributed by atoms with E-state index in [2.05, 4.69) is 0 Å². The normalized spacial score (nSPS) is 19.4. The molecule has 1 aromatic carbocycles. The first-order valence-electron chi connectivity index (χ1n) is 5.53. The average Bonchev–Trinajstić information content (AvgIpc) is 2.75. The van der Waals surface area contributed by atoms with E-state index in [4.69, 9.17) is 10.5 Å². The Kier molecular flexibility index (Phi) is 3.19. The van der Waals surface area contributed by atoms with Gasteiger partial charge >= 0.3 is 0 Å². The highest BCUT2D eigenvalue weighted by atomic mass is 16.5. The van der Waals surface area contributed by atoms with Gasteiger partial charge in [-0.1, -0.05) is 6.07 Å². The van der Waals surface area contributed by atoms with Crippen LogP contribution in [0.4, 0.5) is 5.69 Å².